The lowest BCUT2D eigenvalue weighted by Crippen LogP contribution is -2.47. The van der Waals surface area contributed by atoms with Crippen LogP contribution in [0.5, 0.6) is 0 Å². The minimum Gasteiger partial charge on any atom is -0.378 e. The molecule has 53 heavy (non-hydrogen) atoms. The number of nitro groups is 1. The van der Waals surface area contributed by atoms with Crippen LogP contribution in [0.2, 0.25) is 0 Å². The zero-order chi connectivity index (χ0) is 38.0. The molecule has 11 nitrogen and oxygen atoms in total. The monoisotopic (exact) mass is 759 g/mol. The van der Waals surface area contributed by atoms with Crippen LogP contribution in [-0.4, -0.2) is 71.6 Å². The molecule has 0 bridgehead atoms. The predicted molar refractivity (Wildman–Crippen MR) is 214 cm³/mol. The van der Waals surface area contributed by atoms with Gasteiger partial charge in [-0.1, -0.05) is 68.3 Å². The summed E-state index contributed by atoms with van der Waals surface area (Å²) in [6.45, 7) is 4.26. The molecule has 0 unspecified atom stereocenters. The van der Waals surface area contributed by atoms with E-state index in [0.29, 0.717) is 18.1 Å². The van der Waals surface area contributed by atoms with Gasteiger partial charge in [-0.05, 0) is 67.3 Å². The van der Waals surface area contributed by atoms with Gasteiger partial charge in [-0.25, -0.2) is 13.1 Å². The highest BCUT2D eigenvalue weighted by Gasteiger charge is 2.36. The fraction of sp³-hybridized carbons (Fsp3) is 0.375. The number of rotatable bonds is 17. The van der Waals surface area contributed by atoms with Crippen molar-refractivity contribution < 1.29 is 22.9 Å². The maximum absolute atomic E-state index is 13.9. The summed E-state index contributed by atoms with van der Waals surface area (Å²) in [4.78, 5) is 31.5. The second kappa shape index (κ2) is 18.0. The van der Waals surface area contributed by atoms with Gasteiger partial charge in [-0.2, -0.15) is 0 Å². The van der Waals surface area contributed by atoms with Crippen LogP contribution in [-0.2, 0) is 21.2 Å². The number of anilines is 3. The highest BCUT2D eigenvalue weighted by Crippen LogP contribution is 2.39. The van der Waals surface area contributed by atoms with Crippen LogP contribution in [0.15, 0.2) is 107 Å². The van der Waals surface area contributed by atoms with Crippen LogP contribution in [0.4, 0.5) is 22.7 Å². The van der Waals surface area contributed by atoms with E-state index in [0.717, 1.165) is 62.2 Å². The molecule has 1 fully saturated rings. The van der Waals surface area contributed by atoms with Crippen molar-refractivity contribution in [2.45, 2.75) is 60.8 Å². The summed E-state index contributed by atoms with van der Waals surface area (Å²) in [6, 6.07) is 29.8. The molecule has 13 heteroatoms. The molecular formula is C40H49N5O6S2. The number of hydrogen-bond donors (Lipinski definition) is 1. The van der Waals surface area contributed by atoms with Crippen molar-refractivity contribution in [3.8, 4) is 0 Å². The SMILES string of the molecule is CCCCCN(CSc1ccccc1)c1cc(N(C)C)c(S(=O)(=O)NC(=O)c2ccc(N3CCC(Cc4ccccc4)(OC)CC3)cc2)c([N+](=O)[O-])c1. The standard InChI is InChI=1S/C40H49N5O6S2/c1-5-6-13-24-44(30-52-35-16-11-8-12-17-35)34-27-36(42(2)3)38(37(28-34)45(47)48)53(49,50)41-39(46)32-18-20-33(21-19-32)43-25-22-40(51-4,23-26-43)29-31-14-9-7-10-15-31/h7-12,14-21,27-28H,5-6,13,22-26,29-30H2,1-4H3,(H,41,46). The Labute approximate surface area is 317 Å². The zero-order valence-electron chi connectivity index (χ0n) is 30.9. The molecule has 1 aliphatic rings. The number of nitrogens with zero attached hydrogens (tertiary/aromatic N) is 4. The van der Waals surface area contributed by atoms with Gasteiger partial charge in [0.25, 0.3) is 21.6 Å². The van der Waals surface area contributed by atoms with Crippen molar-refractivity contribution in [2.75, 3.05) is 61.4 Å². The van der Waals surface area contributed by atoms with Crippen LogP contribution >= 0.6 is 11.8 Å². The summed E-state index contributed by atoms with van der Waals surface area (Å²) in [5.74, 6) is -0.366. The predicted octanol–water partition coefficient (Wildman–Crippen LogP) is 7.75. The number of sulfonamides is 1. The van der Waals surface area contributed by atoms with Gasteiger partial charge in [0, 0.05) is 75.2 Å². The van der Waals surface area contributed by atoms with Crippen molar-refractivity contribution in [1.82, 2.24) is 4.72 Å². The summed E-state index contributed by atoms with van der Waals surface area (Å²) in [6.07, 6.45) is 5.33. The van der Waals surface area contributed by atoms with E-state index in [1.54, 1.807) is 63.3 Å². The molecule has 0 radical (unpaired) electrons. The average molecular weight is 760 g/mol. The number of ether oxygens (including phenoxy) is 1. The largest absolute Gasteiger partial charge is 0.378 e. The Morgan fingerprint density at radius 2 is 1.60 bits per heavy atom. The number of amides is 1. The van der Waals surface area contributed by atoms with E-state index in [1.165, 1.54) is 16.5 Å². The molecule has 0 spiro atoms. The maximum Gasteiger partial charge on any atom is 0.294 e. The molecule has 0 atom stereocenters. The highest BCUT2D eigenvalue weighted by atomic mass is 32.2. The quantitative estimate of drug-likeness (QED) is 0.0376. The number of benzene rings is 4. The first-order chi connectivity index (χ1) is 25.4. The molecule has 4 aromatic carbocycles. The van der Waals surface area contributed by atoms with Crippen molar-refractivity contribution in [3.05, 3.63) is 118 Å². The Morgan fingerprint density at radius 3 is 2.19 bits per heavy atom. The van der Waals surface area contributed by atoms with Crippen molar-refractivity contribution in [3.63, 3.8) is 0 Å². The molecule has 1 heterocycles. The normalized spacial score (nSPS) is 14.1. The lowest BCUT2D eigenvalue weighted by atomic mass is 9.85. The summed E-state index contributed by atoms with van der Waals surface area (Å²) in [7, 11) is 0.336. The molecule has 1 amide bonds. The van der Waals surface area contributed by atoms with E-state index in [1.807, 2.05) is 53.4 Å². The third-order valence-corrected chi connectivity index (χ3v) is 12.2. The van der Waals surface area contributed by atoms with Gasteiger partial charge in [0.05, 0.1) is 22.1 Å². The van der Waals surface area contributed by atoms with E-state index in [2.05, 4.69) is 28.7 Å². The molecule has 4 aromatic rings. The zero-order valence-corrected chi connectivity index (χ0v) is 32.5. The molecule has 0 aromatic heterocycles. The molecule has 5 rings (SSSR count). The number of nitro benzene ring substituents is 1. The van der Waals surface area contributed by atoms with Crippen LogP contribution in [0.1, 0.15) is 54.9 Å². The fourth-order valence-corrected chi connectivity index (χ4v) is 8.97. The molecule has 0 saturated carbocycles. The fourth-order valence-electron chi connectivity index (χ4n) is 6.65. The molecule has 282 valence electrons. The van der Waals surface area contributed by atoms with Gasteiger partial charge in [-0.3, -0.25) is 14.9 Å². The third-order valence-electron chi connectivity index (χ3n) is 9.71. The Balaban J connectivity index is 1.33. The Kier molecular flexibility index (Phi) is 13.4. The van der Waals surface area contributed by atoms with E-state index in [4.69, 9.17) is 4.74 Å². The van der Waals surface area contributed by atoms with Crippen molar-refractivity contribution >= 4 is 50.4 Å². The molecule has 1 saturated heterocycles. The molecule has 0 aliphatic carbocycles. The maximum atomic E-state index is 13.9. The summed E-state index contributed by atoms with van der Waals surface area (Å²) in [5, 5.41) is 12.5. The molecule has 1 N–H and O–H groups in total. The highest BCUT2D eigenvalue weighted by molar-refractivity contribution is 7.99. The van der Waals surface area contributed by atoms with Gasteiger partial charge in [0.1, 0.15) is 0 Å². The van der Waals surface area contributed by atoms with E-state index >= 15 is 0 Å². The van der Waals surface area contributed by atoms with Crippen molar-refractivity contribution in [2.24, 2.45) is 0 Å². The molecular weight excluding hydrogens is 711 g/mol. The minimum atomic E-state index is -4.68. The lowest BCUT2D eigenvalue weighted by Gasteiger charge is -2.42. The Bertz CT molecular complexity index is 1940. The minimum absolute atomic E-state index is 0.111. The third kappa shape index (κ3) is 10.1. The van der Waals surface area contributed by atoms with Crippen molar-refractivity contribution in [1.29, 1.82) is 0 Å². The van der Waals surface area contributed by atoms with Gasteiger partial charge >= 0.3 is 0 Å². The van der Waals surface area contributed by atoms with Gasteiger partial charge < -0.3 is 19.4 Å². The number of hydrogen-bond acceptors (Lipinski definition) is 10. The van der Waals surface area contributed by atoms with E-state index in [9.17, 15) is 23.3 Å². The second-order valence-corrected chi connectivity index (χ2v) is 16.2. The Hall–Kier alpha value is -4.59. The average Bonchev–Trinajstić information content (AvgIpc) is 3.16. The smallest absolute Gasteiger partial charge is 0.294 e. The number of carbonyl (C=O) groups excluding carboxylic acids is 1. The van der Waals surface area contributed by atoms with Crippen LogP contribution in [0.25, 0.3) is 0 Å². The molecule has 1 aliphatic heterocycles. The van der Waals surface area contributed by atoms with E-state index < -0.39 is 31.4 Å². The summed E-state index contributed by atoms with van der Waals surface area (Å²) in [5.41, 5.74) is 2.04. The van der Waals surface area contributed by atoms with Gasteiger partial charge in [-0.15, -0.1) is 11.8 Å². The number of methoxy groups -OCH3 is 1. The van der Waals surface area contributed by atoms with Gasteiger partial charge in [0.2, 0.25) is 0 Å². The topological polar surface area (TPSA) is 125 Å². The summed E-state index contributed by atoms with van der Waals surface area (Å²) < 4.78 is 35.9. The first kappa shape index (κ1) is 39.6. The first-order valence-electron chi connectivity index (χ1n) is 17.9. The number of carbonyl (C=O) groups is 1. The van der Waals surface area contributed by atoms with Crippen LogP contribution in [0.3, 0.4) is 0 Å². The van der Waals surface area contributed by atoms with Crippen LogP contribution < -0.4 is 19.4 Å². The van der Waals surface area contributed by atoms with Crippen LogP contribution in [0, 0.1) is 10.1 Å². The number of unbranched alkanes of at least 4 members (excludes halogenated alkanes) is 2. The number of thioether (sulfide) groups is 1. The second-order valence-electron chi connectivity index (χ2n) is 13.5. The van der Waals surface area contributed by atoms with Gasteiger partial charge in [0.15, 0.2) is 4.90 Å². The lowest BCUT2D eigenvalue weighted by molar-refractivity contribution is -0.387. The first-order valence-corrected chi connectivity index (χ1v) is 20.4. The van der Waals surface area contributed by atoms with E-state index in [-0.39, 0.29) is 16.9 Å². The number of nitrogens with one attached hydrogen (secondary N) is 1. The summed E-state index contributed by atoms with van der Waals surface area (Å²) >= 11 is 1.60. The Morgan fingerprint density at radius 1 is 0.962 bits per heavy atom. The number of piperidine rings is 1.